The Hall–Kier alpha value is -1.22. The van der Waals surface area contributed by atoms with Gasteiger partial charge in [-0.25, -0.2) is 4.79 Å². The highest BCUT2D eigenvalue weighted by molar-refractivity contribution is 6.33. The van der Waals surface area contributed by atoms with Crippen molar-refractivity contribution in [1.29, 1.82) is 0 Å². The van der Waals surface area contributed by atoms with Crippen LogP contribution in [-0.2, 0) is 0 Å². The van der Waals surface area contributed by atoms with Crippen molar-refractivity contribution in [2.75, 3.05) is 11.9 Å². The van der Waals surface area contributed by atoms with Crippen LogP contribution in [0.2, 0.25) is 5.02 Å². The lowest BCUT2D eigenvalue weighted by molar-refractivity contribution is 0.0697. The summed E-state index contributed by atoms with van der Waals surface area (Å²) >= 11 is 5.78. The van der Waals surface area contributed by atoms with Crippen molar-refractivity contribution in [2.45, 2.75) is 19.3 Å². The first-order valence-corrected chi connectivity index (χ1v) is 5.81. The molecule has 0 radical (unpaired) electrons. The molecular formula is C12H14ClNO2. The molecule has 0 bridgehead atoms. The summed E-state index contributed by atoms with van der Waals surface area (Å²) in [5.41, 5.74) is 0.981. The number of halogens is 1. The Morgan fingerprint density at radius 3 is 2.81 bits per heavy atom. The van der Waals surface area contributed by atoms with Crippen LogP contribution in [0, 0.1) is 5.92 Å². The first-order chi connectivity index (χ1) is 7.66. The molecular weight excluding hydrogens is 226 g/mol. The number of anilines is 1. The van der Waals surface area contributed by atoms with E-state index in [2.05, 4.69) is 5.32 Å². The van der Waals surface area contributed by atoms with Gasteiger partial charge in [0.05, 0.1) is 10.6 Å². The minimum absolute atomic E-state index is 0.153. The van der Waals surface area contributed by atoms with Gasteiger partial charge < -0.3 is 10.4 Å². The third-order valence-corrected chi connectivity index (χ3v) is 3.35. The summed E-state index contributed by atoms with van der Waals surface area (Å²) in [5.74, 6) is -0.249. The van der Waals surface area contributed by atoms with Gasteiger partial charge >= 0.3 is 5.97 Å². The van der Waals surface area contributed by atoms with E-state index in [1.165, 1.54) is 19.3 Å². The Morgan fingerprint density at radius 2 is 2.25 bits per heavy atom. The van der Waals surface area contributed by atoms with Gasteiger partial charge in [-0.1, -0.05) is 18.0 Å². The van der Waals surface area contributed by atoms with Crippen LogP contribution in [0.3, 0.4) is 0 Å². The molecule has 1 aromatic rings. The molecule has 1 saturated carbocycles. The zero-order chi connectivity index (χ0) is 11.5. The van der Waals surface area contributed by atoms with Crippen LogP contribution >= 0.6 is 11.6 Å². The topological polar surface area (TPSA) is 49.3 Å². The Balaban J connectivity index is 2.03. The number of benzene rings is 1. The predicted molar refractivity (Wildman–Crippen MR) is 64.2 cm³/mol. The van der Waals surface area contributed by atoms with E-state index in [-0.39, 0.29) is 10.6 Å². The maximum atomic E-state index is 10.9. The van der Waals surface area contributed by atoms with Crippen molar-refractivity contribution in [3.8, 4) is 0 Å². The van der Waals surface area contributed by atoms with E-state index in [0.29, 0.717) is 0 Å². The van der Waals surface area contributed by atoms with Crippen LogP contribution in [-0.4, -0.2) is 17.6 Å². The summed E-state index contributed by atoms with van der Waals surface area (Å²) in [6.45, 7) is 0.917. The quantitative estimate of drug-likeness (QED) is 0.848. The molecule has 4 heteroatoms. The molecule has 0 atom stereocenters. The van der Waals surface area contributed by atoms with Gasteiger partial charge in [-0.2, -0.15) is 0 Å². The molecule has 0 spiro atoms. The standard InChI is InChI=1S/C12H14ClNO2/c13-11-5-4-9(6-10(11)12(15)16)14-7-8-2-1-3-8/h4-6,8,14H,1-3,7H2,(H,15,16). The zero-order valence-electron chi connectivity index (χ0n) is 8.87. The van der Waals surface area contributed by atoms with Gasteiger partial charge in [-0.15, -0.1) is 0 Å². The maximum absolute atomic E-state index is 10.9. The first kappa shape index (κ1) is 11.3. The molecule has 2 rings (SSSR count). The molecule has 0 heterocycles. The number of carboxylic acid groups (broad SMARTS) is 1. The SMILES string of the molecule is O=C(O)c1cc(NCC2CCC2)ccc1Cl. The molecule has 1 aliphatic carbocycles. The first-order valence-electron chi connectivity index (χ1n) is 5.43. The van der Waals surface area contributed by atoms with Crippen LogP contribution in [0.1, 0.15) is 29.6 Å². The van der Waals surface area contributed by atoms with Gasteiger partial charge in [0.25, 0.3) is 0 Å². The lowest BCUT2D eigenvalue weighted by Crippen LogP contribution is -2.20. The summed E-state index contributed by atoms with van der Waals surface area (Å²) in [5, 5.41) is 12.4. The van der Waals surface area contributed by atoms with Crippen molar-refractivity contribution >= 4 is 23.3 Å². The smallest absolute Gasteiger partial charge is 0.337 e. The molecule has 1 aromatic carbocycles. The molecule has 16 heavy (non-hydrogen) atoms. The number of hydrogen-bond donors (Lipinski definition) is 2. The number of hydrogen-bond acceptors (Lipinski definition) is 2. The number of carboxylic acids is 1. The van der Waals surface area contributed by atoms with E-state index in [1.54, 1.807) is 12.1 Å². The van der Waals surface area contributed by atoms with Crippen molar-refractivity contribution in [1.82, 2.24) is 0 Å². The second kappa shape index (κ2) is 4.74. The van der Waals surface area contributed by atoms with Gasteiger partial charge in [-0.05, 0) is 37.0 Å². The van der Waals surface area contributed by atoms with Crippen molar-refractivity contribution < 1.29 is 9.90 Å². The molecule has 0 amide bonds. The molecule has 0 saturated heterocycles. The average Bonchev–Trinajstić information content (AvgIpc) is 2.17. The number of carbonyl (C=O) groups is 1. The lowest BCUT2D eigenvalue weighted by atomic mass is 9.85. The average molecular weight is 240 g/mol. The van der Waals surface area contributed by atoms with Gasteiger partial charge in [0.15, 0.2) is 0 Å². The molecule has 86 valence electrons. The molecule has 1 aliphatic rings. The fourth-order valence-electron chi connectivity index (χ4n) is 1.76. The van der Waals surface area contributed by atoms with Crippen LogP contribution in [0.4, 0.5) is 5.69 Å². The van der Waals surface area contributed by atoms with Gasteiger partial charge in [-0.3, -0.25) is 0 Å². The van der Waals surface area contributed by atoms with Crippen LogP contribution in [0.25, 0.3) is 0 Å². The van der Waals surface area contributed by atoms with E-state index in [1.807, 2.05) is 6.07 Å². The molecule has 3 nitrogen and oxygen atoms in total. The summed E-state index contributed by atoms with van der Waals surface area (Å²) in [7, 11) is 0. The lowest BCUT2D eigenvalue weighted by Gasteiger charge is -2.25. The highest BCUT2D eigenvalue weighted by Crippen LogP contribution is 2.27. The number of aromatic carboxylic acids is 1. The second-order valence-corrected chi connectivity index (χ2v) is 4.58. The van der Waals surface area contributed by atoms with E-state index in [9.17, 15) is 4.79 Å². The Kier molecular flexibility index (Phi) is 3.34. The number of nitrogens with one attached hydrogen (secondary N) is 1. The number of rotatable bonds is 4. The summed E-state index contributed by atoms with van der Waals surface area (Å²) in [6, 6.07) is 5.02. The molecule has 0 unspecified atom stereocenters. The van der Waals surface area contributed by atoms with Gasteiger partial charge in [0.2, 0.25) is 0 Å². The normalized spacial score (nSPS) is 15.6. The second-order valence-electron chi connectivity index (χ2n) is 4.18. The highest BCUT2D eigenvalue weighted by atomic mass is 35.5. The zero-order valence-corrected chi connectivity index (χ0v) is 9.63. The van der Waals surface area contributed by atoms with Crippen LogP contribution in [0.5, 0.6) is 0 Å². The van der Waals surface area contributed by atoms with E-state index in [0.717, 1.165) is 18.2 Å². The summed E-state index contributed by atoms with van der Waals surface area (Å²) in [6.07, 6.45) is 3.85. The summed E-state index contributed by atoms with van der Waals surface area (Å²) in [4.78, 5) is 10.9. The third kappa shape index (κ3) is 2.47. The summed E-state index contributed by atoms with van der Waals surface area (Å²) < 4.78 is 0. The van der Waals surface area contributed by atoms with Gasteiger partial charge in [0.1, 0.15) is 0 Å². The third-order valence-electron chi connectivity index (χ3n) is 3.02. The monoisotopic (exact) mass is 239 g/mol. The molecule has 0 aliphatic heterocycles. The highest BCUT2D eigenvalue weighted by Gasteiger charge is 2.17. The van der Waals surface area contributed by atoms with Gasteiger partial charge in [0, 0.05) is 12.2 Å². The van der Waals surface area contributed by atoms with Crippen molar-refractivity contribution in [3.63, 3.8) is 0 Å². The minimum Gasteiger partial charge on any atom is -0.478 e. The Bertz CT molecular complexity index is 402. The molecule has 1 fully saturated rings. The fraction of sp³-hybridized carbons (Fsp3) is 0.417. The fourth-order valence-corrected chi connectivity index (χ4v) is 1.96. The van der Waals surface area contributed by atoms with E-state index in [4.69, 9.17) is 16.7 Å². The molecule has 2 N–H and O–H groups in total. The Morgan fingerprint density at radius 1 is 1.50 bits per heavy atom. The maximum Gasteiger partial charge on any atom is 0.337 e. The van der Waals surface area contributed by atoms with Crippen LogP contribution < -0.4 is 5.32 Å². The predicted octanol–water partition coefficient (Wildman–Crippen LogP) is 3.25. The van der Waals surface area contributed by atoms with Crippen molar-refractivity contribution in [3.05, 3.63) is 28.8 Å². The Labute approximate surface area is 99.4 Å². The van der Waals surface area contributed by atoms with E-state index < -0.39 is 5.97 Å². The van der Waals surface area contributed by atoms with Crippen LogP contribution in [0.15, 0.2) is 18.2 Å². The molecule has 0 aromatic heterocycles. The minimum atomic E-state index is -0.989. The largest absolute Gasteiger partial charge is 0.478 e. The van der Waals surface area contributed by atoms with E-state index >= 15 is 0 Å². The van der Waals surface area contributed by atoms with Crippen molar-refractivity contribution in [2.24, 2.45) is 5.92 Å².